The van der Waals surface area contributed by atoms with E-state index in [-0.39, 0.29) is 12.0 Å². The van der Waals surface area contributed by atoms with Gasteiger partial charge in [0.05, 0.1) is 17.7 Å². The molecule has 1 fully saturated rings. The van der Waals surface area contributed by atoms with Crippen LogP contribution < -0.4 is 20.7 Å². The number of para-hydroxylation sites is 1. The average molecular weight is 345 g/mol. The molecular formula is C13H17BrN2O4. The molecule has 6 nitrogen and oxygen atoms in total. The Morgan fingerprint density at radius 1 is 1.55 bits per heavy atom. The molecule has 1 saturated heterocycles. The molecule has 1 aromatic rings. The Morgan fingerprint density at radius 2 is 2.35 bits per heavy atom. The van der Waals surface area contributed by atoms with Gasteiger partial charge < -0.3 is 14.2 Å². The van der Waals surface area contributed by atoms with Gasteiger partial charge in [0.1, 0.15) is 12.7 Å². The fourth-order valence-corrected chi connectivity index (χ4v) is 2.54. The second-order valence-corrected chi connectivity index (χ2v) is 5.27. The maximum absolute atomic E-state index is 11.4. The van der Waals surface area contributed by atoms with Gasteiger partial charge in [-0.2, -0.15) is 0 Å². The van der Waals surface area contributed by atoms with E-state index in [9.17, 15) is 4.79 Å². The molecule has 2 atom stereocenters. The lowest BCUT2D eigenvalue weighted by Gasteiger charge is -2.16. The van der Waals surface area contributed by atoms with Crippen LogP contribution in [0.25, 0.3) is 0 Å². The van der Waals surface area contributed by atoms with Crippen LogP contribution in [-0.2, 0) is 9.53 Å². The molecule has 1 aromatic carbocycles. The number of carbonyl (C=O) groups excluding carboxylic acids is 1. The van der Waals surface area contributed by atoms with Gasteiger partial charge in [0, 0.05) is 0 Å². The highest BCUT2D eigenvalue weighted by Crippen LogP contribution is 2.35. The second kappa shape index (κ2) is 6.92. The van der Waals surface area contributed by atoms with Gasteiger partial charge in [0.15, 0.2) is 11.5 Å². The Balaban J connectivity index is 1.92. The average Bonchev–Trinajstić information content (AvgIpc) is 2.93. The molecule has 0 aromatic heterocycles. The maximum Gasteiger partial charge on any atom is 0.263 e. The van der Waals surface area contributed by atoms with Crippen molar-refractivity contribution in [1.82, 2.24) is 5.43 Å². The van der Waals surface area contributed by atoms with E-state index in [0.29, 0.717) is 24.5 Å². The fourth-order valence-electron chi connectivity index (χ4n) is 2.08. The number of hydrogen-bond donors (Lipinski definition) is 2. The summed E-state index contributed by atoms with van der Waals surface area (Å²) >= 11 is 3.42. The SMILES string of the molecule is COc1cccc(Br)c1OCC1CCC(C(=O)NN)O1. The van der Waals surface area contributed by atoms with Crippen molar-refractivity contribution in [1.29, 1.82) is 0 Å². The number of benzene rings is 1. The molecule has 20 heavy (non-hydrogen) atoms. The quantitative estimate of drug-likeness (QED) is 0.479. The third-order valence-corrected chi connectivity index (χ3v) is 3.73. The van der Waals surface area contributed by atoms with Gasteiger partial charge >= 0.3 is 0 Å². The van der Waals surface area contributed by atoms with Crippen molar-refractivity contribution < 1.29 is 19.0 Å². The molecule has 2 unspecified atom stereocenters. The molecule has 2 rings (SSSR count). The zero-order valence-corrected chi connectivity index (χ0v) is 12.7. The van der Waals surface area contributed by atoms with E-state index in [1.165, 1.54) is 0 Å². The molecule has 1 heterocycles. The predicted octanol–water partition coefficient (Wildman–Crippen LogP) is 1.37. The van der Waals surface area contributed by atoms with E-state index < -0.39 is 6.10 Å². The monoisotopic (exact) mass is 344 g/mol. The van der Waals surface area contributed by atoms with Gasteiger partial charge in [0.2, 0.25) is 0 Å². The first kappa shape index (κ1) is 15.1. The first-order valence-corrected chi connectivity index (χ1v) is 7.06. The summed E-state index contributed by atoms with van der Waals surface area (Å²) < 4.78 is 17.4. The Hall–Kier alpha value is -1.31. The van der Waals surface area contributed by atoms with E-state index >= 15 is 0 Å². The van der Waals surface area contributed by atoms with Crippen LogP contribution in [0.1, 0.15) is 12.8 Å². The molecule has 1 amide bonds. The van der Waals surface area contributed by atoms with Crippen molar-refractivity contribution in [2.75, 3.05) is 13.7 Å². The minimum absolute atomic E-state index is 0.130. The van der Waals surface area contributed by atoms with E-state index in [2.05, 4.69) is 21.4 Å². The maximum atomic E-state index is 11.4. The lowest BCUT2D eigenvalue weighted by atomic mass is 10.2. The first-order valence-electron chi connectivity index (χ1n) is 6.27. The highest BCUT2D eigenvalue weighted by molar-refractivity contribution is 9.10. The van der Waals surface area contributed by atoms with Gasteiger partial charge in [-0.3, -0.25) is 10.2 Å². The summed E-state index contributed by atoms with van der Waals surface area (Å²) in [5, 5.41) is 0. The summed E-state index contributed by atoms with van der Waals surface area (Å²) in [5.74, 6) is 6.06. The Labute approximate surface area is 125 Å². The van der Waals surface area contributed by atoms with E-state index in [0.717, 1.165) is 10.9 Å². The van der Waals surface area contributed by atoms with Crippen molar-refractivity contribution in [2.45, 2.75) is 25.0 Å². The van der Waals surface area contributed by atoms with Crippen molar-refractivity contribution in [3.8, 4) is 11.5 Å². The van der Waals surface area contributed by atoms with Gasteiger partial charge in [0.25, 0.3) is 5.91 Å². The lowest BCUT2D eigenvalue weighted by Crippen LogP contribution is -2.39. The molecule has 3 N–H and O–H groups in total. The number of nitrogens with two attached hydrogens (primary N) is 1. The molecule has 110 valence electrons. The van der Waals surface area contributed by atoms with Crippen LogP contribution in [0.15, 0.2) is 22.7 Å². The van der Waals surface area contributed by atoms with Crippen LogP contribution in [0.3, 0.4) is 0 Å². The molecule has 0 aliphatic carbocycles. The summed E-state index contributed by atoms with van der Waals surface area (Å²) in [6.07, 6.45) is 0.776. The number of halogens is 1. The predicted molar refractivity (Wildman–Crippen MR) is 76.4 cm³/mol. The minimum atomic E-state index is -0.491. The fraction of sp³-hybridized carbons (Fsp3) is 0.462. The molecule has 1 aliphatic heterocycles. The van der Waals surface area contributed by atoms with Gasteiger partial charge in [-0.15, -0.1) is 0 Å². The number of hydrazine groups is 1. The summed E-state index contributed by atoms with van der Waals surface area (Å²) in [5.41, 5.74) is 2.10. The van der Waals surface area contributed by atoms with Crippen LogP contribution in [0.2, 0.25) is 0 Å². The number of rotatable bonds is 5. The Morgan fingerprint density at radius 3 is 3.05 bits per heavy atom. The number of methoxy groups -OCH3 is 1. The summed E-state index contributed by atoms with van der Waals surface area (Å²) in [6.45, 7) is 0.354. The highest BCUT2D eigenvalue weighted by Gasteiger charge is 2.30. The third kappa shape index (κ3) is 3.41. The van der Waals surface area contributed by atoms with Gasteiger partial charge in [-0.25, -0.2) is 5.84 Å². The number of nitrogens with one attached hydrogen (secondary N) is 1. The molecule has 0 bridgehead atoms. The van der Waals surface area contributed by atoms with Crippen molar-refractivity contribution in [2.24, 2.45) is 5.84 Å². The molecule has 0 saturated carbocycles. The molecule has 1 aliphatic rings. The minimum Gasteiger partial charge on any atom is -0.493 e. The van der Waals surface area contributed by atoms with E-state index in [1.807, 2.05) is 18.2 Å². The van der Waals surface area contributed by atoms with Crippen LogP contribution in [-0.4, -0.2) is 31.8 Å². The van der Waals surface area contributed by atoms with Crippen molar-refractivity contribution in [3.63, 3.8) is 0 Å². The van der Waals surface area contributed by atoms with Crippen molar-refractivity contribution >= 4 is 21.8 Å². The van der Waals surface area contributed by atoms with Crippen LogP contribution in [0.5, 0.6) is 11.5 Å². The standard InChI is InChI=1S/C13H17BrN2O4/c1-18-10-4-2-3-9(14)12(10)19-7-8-5-6-11(20-8)13(17)16-15/h2-4,8,11H,5-7,15H2,1H3,(H,16,17). The molecule has 7 heteroatoms. The molecule has 0 spiro atoms. The van der Waals surface area contributed by atoms with Crippen LogP contribution >= 0.6 is 15.9 Å². The number of amides is 1. The normalized spacial score (nSPS) is 21.6. The van der Waals surface area contributed by atoms with Crippen LogP contribution in [0, 0.1) is 0 Å². The lowest BCUT2D eigenvalue weighted by molar-refractivity contribution is -0.132. The third-order valence-electron chi connectivity index (χ3n) is 3.11. The Kier molecular flexibility index (Phi) is 5.22. The second-order valence-electron chi connectivity index (χ2n) is 4.41. The largest absolute Gasteiger partial charge is 0.493 e. The zero-order chi connectivity index (χ0) is 14.5. The van der Waals surface area contributed by atoms with E-state index in [1.54, 1.807) is 7.11 Å². The first-order chi connectivity index (χ1) is 9.65. The summed E-state index contributed by atoms with van der Waals surface area (Å²) in [4.78, 5) is 11.4. The highest BCUT2D eigenvalue weighted by atomic mass is 79.9. The van der Waals surface area contributed by atoms with Gasteiger partial charge in [-0.05, 0) is 40.9 Å². The smallest absolute Gasteiger partial charge is 0.263 e. The zero-order valence-electron chi connectivity index (χ0n) is 11.1. The van der Waals surface area contributed by atoms with E-state index in [4.69, 9.17) is 20.1 Å². The van der Waals surface area contributed by atoms with Crippen LogP contribution in [0.4, 0.5) is 0 Å². The number of ether oxygens (including phenoxy) is 3. The van der Waals surface area contributed by atoms with Crippen molar-refractivity contribution in [3.05, 3.63) is 22.7 Å². The topological polar surface area (TPSA) is 82.8 Å². The molecular weight excluding hydrogens is 328 g/mol. The van der Waals surface area contributed by atoms with Gasteiger partial charge in [-0.1, -0.05) is 6.07 Å². The summed E-state index contributed by atoms with van der Waals surface area (Å²) in [7, 11) is 1.59. The molecule has 0 radical (unpaired) electrons. The number of carbonyl (C=O) groups is 1. The Bertz CT molecular complexity index is 483. The number of hydrogen-bond acceptors (Lipinski definition) is 5. The summed E-state index contributed by atoms with van der Waals surface area (Å²) in [6, 6.07) is 5.56.